The van der Waals surface area contributed by atoms with Gasteiger partial charge in [-0.15, -0.1) is 0 Å². The fourth-order valence-corrected chi connectivity index (χ4v) is 3.47. The number of nitrogens with one attached hydrogen (secondary N) is 3. The summed E-state index contributed by atoms with van der Waals surface area (Å²) in [7, 11) is 0. The molecule has 1 aliphatic carbocycles. The predicted octanol–water partition coefficient (Wildman–Crippen LogP) is 3.39. The number of benzene rings is 2. The Kier molecular flexibility index (Phi) is 4.24. The second kappa shape index (κ2) is 6.71. The Balaban J connectivity index is 1.41. The summed E-state index contributed by atoms with van der Waals surface area (Å²) in [6, 6.07) is 11.1. The van der Waals surface area contributed by atoms with E-state index in [0.717, 1.165) is 24.1 Å². The second-order valence-corrected chi connectivity index (χ2v) is 6.75. The summed E-state index contributed by atoms with van der Waals surface area (Å²) in [6.45, 7) is 1.93. The number of hydrogen-bond donors (Lipinski definition) is 3. The highest BCUT2D eigenvalue weighted by atomic mass is 16.5. The van der Waals surface area contributed by atoms with Crippen LogP contribution in [0.4, 0.5) is 16.2 Å². The highest BCUT2D eigenvalue weighted by molar-refractivity contribution is 5.95. The van der Waals surface area contributed by atoms with Gasteiger partial charge in [0, 0.05) is 5.69 Å². The number of rotatable bonds is 3. The number of fused-ring (bicyclic) bond motifs is 2. The van der Waals surface area contributed by atoms with Gasteiger partial charge in [-0.2, -0.15) is 0 Å². The molecule has 4 rings (SSSR count). The number of carbonyl (C=O) groups is 2. The summed E-state index contributed by atoms with van der Waals surface area (Å²) in [5, 5.41) is 8.60. The van der Waals surface area contributed by atoms with E-state index in [2.05, 4.69) is 28.1 Å². The van der Waals surface area contributed by atoms with E-state index in [-0.39, 0.29) is 24.6 Å². The van der Waals surface area contributed by atoms with E-state index in [9.17, 15) is 9.59 Å². The van der Waals surface area contributed by atoms with E-state index in [0.29, 0.717) is 11.4 Å². The fraction of sp³-hybridized carbons (Fsp3) is 0.300. The molecule has 3 N–H and O–H groups in total. The van der Waals surface area contributed by atoms with Gasteiger partial charge in [-0.3, -0.25) is 4.79 Å². The maximum atomic E-state index is 12.3. The zero-order valence-electron chi connectivity index (χ0n) is 14.6. The molecule has 3 amide bonds. The molecule has 1 atom stereocenters. The summed E-state index contributed by atoms with van der Waals surface area (Å²) in [6.07, 6.45) is 3.38. The van der Waals surface area contributed by atoms with Gasteiger partial charge in [-0.05, 0) is 67.1 Å². The van der Waals surface area contributed by atoms with Gasteiger partial charge >= 0.3 is 6.03 Å². The van der Waals surface area contributed by atoms with Gasteiger partial charge < -0.3 is 20.7 Å². The van der Waals surface area contributed by atoms with Gasteiger partial charge in [0.2, 0.25) is 0 Å². The number of hydrogen-bond acceptors (Lipinski definition) is 3. The Hall–Kier alpha value is -3.02. The first-order chi connectivity index (χ1) is 12.6. The van der Waals surface area contributed by atoms with E-state index in [4.69, 9.17) is 4.74 Å². The molecule has 0 aromatic heterocycles. The van der Waals surface area contributed by atoms with Gasteiger partial charge in [0.1, 0.15) is 5.75 Å². The van der Waals surface area contributed by atoms with E-state index in [1.54, 1.807) is 6.07 Å². The molecule has 0 saturated heterocycles. The quantitative estimate of drug-likeness (QED) is 0.793. The lowest BCUT2D eigenvalue weighted by molar-refractivity contribution is -0.118. The Labute approximate surface area is 151 Å². The van der Waals surface area contributed by atoms with Crippen LogP contribution in [0.5, 0.6) is 5.75 Å². The number of urea groups is 1. The molecule has 2 aliphatic rings. The molecule has 0 bridgehead atoms. The highest BCUT2D eigenvalue weighted by Crippen LogP contribution is 2.30. The van der Waals surface area contributed by atoms with Crippen LogP contribution in [0.3, 0.4) is 0 Å². The van der Waals surface area contributed by atoms with Crippen molar-refractivity contribution in [2.45, 2.75) is 32.2 Å². The van der Waals surface area contributed by atoms with Gasteiger partial charge in [0.05, 0.1) is 11.7 Å². The summed E-state index contributed by atoms with van der Waals surface area (Å²) in [5.74, 6) is 0.466. The van der Waals surface area contributed by atoms with Crippen LogP contribution in [0.2, 0.25) is 0 Å². The molecule has 2 aromatic rings. The largest absolute Gasteiger partial charge is 0.482 e. The molecule has 1 unspecified atom stereocenters. The molecule has 0 spiro atoms. The van der Waals surface area contributed by atoms with Crippen molar-refractivity contribution in [3.63, 3.8) is 0 Å². The maximum Gasteiger partial charge on any atom is 0.319 e. The van der Waals surface area contributed by atoms with Crippen molar-refractivity contribution >= 4 is 23.3 Å². The molecule has 2 aromatic carbocycles. The zero-order chi connectivity index (χ0) is 18.1. The Morgan fingerprint density at radius 3 is 2.88 bits per heavy atom. The summed E-state index contributed by atoms with van der Waals surface area (Å²) in [4.78, 5) is 23.8. The molecule has 0 radical (unpaired) electrons. The normalized spacial score (nSPS) is 16.0. The zero-order valence-corrected chi connectivity index (χ0v) is 14.6. The lowest BCUT2D eigenvalue weighted by atomic mass is 10.1. The average Bonchev–Trinajstić information content (AvgIpc) is 3.08. The van der Waals surface area contributed by atoms with Crippen molar-refractivity contribution < 1.29 is 14.3 Å². The number of amides is 3. The Bertz CT molecular complexity index is 879. The molecular formula is C20H21N3O3. The van der Waals surface area contributed by atoms with Crippen molar-refractivity contribution in [3.8, 4) is 5.75 Å². The summed E-state index contributed by atoms with van der Waals surface area (Å²) in [5.41, 5.74) is 5.02. The molecule has 1 heterocycles. The monoisotopic (exact) mass is 351 g/mol. The van der Waals surface area contributed by atoms with Gasteiger partial charge in [-0.1, -0.05) is 12.1 Å². The predicted molar refractivity (Wildman–Crippen MR) is 99.6 cm³/mol. The third-order valence-corrected chi connectivity index (χ3v) is 4.84. The molecule has 0 fully saturated rings. The van der Waals surface area contributed by atoms with Crippen LogP contribution in [0.25, 0.3) is 0 Å². The molecule has 26 heavy (non-hydrogen) atoms. The fourth-order valence-electron chi connectivity index (χ4n) is 3.47. The molecule has 6 nitrogen and oxygen atoms in total. The van der Waals surface area contributed by atoms with Crippen LogP contribution in [-0.2, 0) is 17.6 Å². The minimum Gasteiger partial charge on any atom is -0.482 e. The molecular weight excluding hydrogens is 330 g/mol. The highest BCUT2D eigenvalue weighted by Gasteiger charge is 2.18. The van der Waals surface area contributed by atoms with E-state index >= 15 is 0 Å². The van der Waals surface area contributed by atoms with Crippen LogP contribution in [0.15, 0.2) is 36.4 Å². The third-order valence-electron chi connectivity index (χ3n) is 4.84. The number of aryl methyl sites for hydroxylation is 2. The average molecular weight is 351 g/mol. The standard InChI is InChI=1S/C20H21N3O3/c1-12(14-6-8-18-17(10-14)23-19(24)11-26-18)21-20(25)22-16-7-5-13-3-2-4-15(13)9-16/h5-10,12H,2-4,11H2,1H3,(H,23,24)(H2,21,22,25). The SMILES string of the molecule is CC(NC(=O)Nc1ccc2c(c1)CCC2)c1ccc2c(c1)NC(=O)CO2. The first-order valence-electron chi connectivity index (χ1n) is 8.84. The smallest absolute Gasteiger partial charge is 0.319 e. The van der Waals surface area contributed by atoms with E-state index in [1.807, 2.05) is 25.1 Å². The molecule has 1 aliphatic heterocycles. The van der Waals surface area contributed by atoms with Crippen LogP contribution in [0.1, 0.15) is 36.1 Å². The van der Waals surface area contributed by atoms with Crippen LogP contribution >= 0.6 is 0 Å². The molecule has 6 heteroatoms. The summed E-state index contributed by atoms with van der Waals surface area (Å²) >= 11 is 0. The lowest BCUT2D eigenvalue weighted by Gasteiger charge is -2.21. The topological polar surface area (TPSA) is 79.5 Å². The van der Waals surface area contributed by atoms with Gasteiger partial charge in [-0.25, -0.2) is 4.79 Å². The number of ether oxygens (including phenoxy) is 1. The second-order valence-electron chi connectivity index (χ2n) is 6.75. The van der Waals surface area contributed by atoms with Crippen molar-refractivity contribution in [3.05, 3.63) is 53.1 Å². The van der Waals surface area contributed by atoms with Crippen molar-refractivity contribution in [2.24, 2.45) is 0 Å². The first-order valence-corrected chi connectivity index (χ1v) is 8.84. The summed E-state index contributed by atoms with van der Waals surface area (Å²) < 4.78 is 5.36. The van der Waals surface area contributed by atoms with Crippen LogP contribution in [0, 0.1) is 0 Å². The Morgan fingerprint density at radius 2 is 2.00 bits per heavy atom. The minimum atomic E-state index is -0.256. The van der Waals surface area contributed by atoms with E-state index in [1.165, 1.54) is 17.5 Å². The minimum absolute atomic E-state index is 0.0311. The Morgan fingerprint density at radius 1 is 1.15 bits per heavy atom. The van der Waals surface area contributed by atoms with Gasteiger partial charge in [0.25, 0.3) is 5.91 Å². The maximum absolute atomic E-state index is 12.3. The van der Waals surface area contributed by atoms with Crippen LogP contribution < -0.4 is 20.7 Å². The number of anilines is 2. The van der Waals surface area contributed by atoms with Crippen molar-refractivity contribution in [1.29, 1.82) is 0 Å². The van der Waals surface area contributed by atoms with Crippen molar-refractivity contribution in [2.75, 3.05) is 17.2 Å². The molecule has 0 saturated carbocycles. The van der Waals surface area contributed by atoms with E-state index < -0.39 is 0 Å². The third kappa shape index (κ3) is 3.35. The van der Waals surface area contributed by atoms with Gasteiger partial charge in [0.15, 0.2) is 6.61 Å². The van der Waals surface area contributed by atoms with Crippen LogP contribution in [-0.4, -0.2) is 18.5 Å². The first kappa shape index (κ1) is 16.4. The van der Waals surface area contributed by atoms with Crippen molar-refractivity contribution in [1.82, 2.24) is 5.32 Å². The molecule has 134 valence electrons. The lowest BCUT2D eigenvalue weighted by Crippen LogP contribution is -2.31. The number of carbonyl (C=O) groups excluding carboxylic acids is 2.